The van der Waals surface area contributed by atoms with Crippen LogP contribution in [0.25, 0.3) is 0 Å². The Morgan fingerprint density at radius 3 is 0.938 bits per heavy atom. The Morgan fingerprint density at radius 2 is 0.875 bits per heavy atom. The van der Waals surface area contributed by atoms with Crippen molar-refractivity contribution in [2.75, 3.05) is 0 Å². The first-order valence-electron chi connectivity index (χ1n) is 3.74. The van der Waals surface area contributed by atoms with E-state index in [4.69, 9.17) is 0 Å². The first kappa shape index (κ1) is 17.7. The highest BCUT2D eigenvalue weighted by Crippen LogP contribution is 2.51. The smallest absolute Gasteiger partial charge is 0.267 e. The second-order valence-electron chi connectivity index (χ2n) is 2.27. The van der Waals surface area contributed by atoms with E-state index < -0.39 is 24.1 Å². The minimum absolute atomic E-state index is 2.00. The molecule has 0 heterocycles. The van der Waals surface area contributed by atoms with Crippen LogP contribution in [0.5, 0.6) is 0 Å². The van der Waals surface area contributed by atoms with Gasteiger partial charge < -0.3 is 0 Å². The zero-order valence-corrected chi connectivity index (χ0v) is 7.98. The number of nitrogens with two attached hydrogens (primary N) is 1. The fourth-order valence-electron chi connectivity index (χ4n) is 0.387. The summed E-state index contributed by atoms with van der Waals surface area (Å²) in [6.45, 7) is 4.00. The number of rotatable bonds is 2. The molecule has 0 fully saturated rings. The van der Waals surface area contributed by atoms with E-state index in [1.54, 1.807) is 0 Å². The lowest BCUT2D eigenvalue weighted by Gasteiger charge is -2.31. The molecule has 0 amide bonds. The first-order valence-corrected chi connectivity index (χ1v) is 3.74. The normalized spacial score (nSPS) is 14.2. The van der Waals surface area contributed by atoms with Gasteiger partial charge in [0.2, 0.25) is 0 Å². The Kier molecular flexibility index (Phi) is 5.18. The van der Waals surface area contributed by atoms with Crippen LogP contribution in [0, 0.1) is 0 Å². The molecule has 0 spiro atoms. The molecule has 0 aliphatic heterocycles. The second-order valence-corrected chi connectivity index (χ2v) is 2.27. The van der Waals surface area contributed by atoms with Crippen LogP contribution in [-0.4, -0.2) is 24.1 Å². The monoisotopic (exact) mass is 265 g/mol. The lowest BCUT2D eigenvalue weighted by molar-refractivity contribution is -0.395. The van der Waals surface area contributed by atoms with Gasteiger partial charge in [-0.2, -0.15) is 39.5 Å². The lowest BCUT2D eigenvalue weighted by atomic mass is 10.1. The Bertz CT molecular complexity index is 189. The number of hydrogen-bond acceptors (Lipinski definition) is 1. The molecule has 0 aromatic rings. The van der Waals surface area contributed by atoms with Crippen molar-refractivity contribution in [2.24, 2.45) is 5.73 Å². The average Bonchev–Trinajstić information content (AvgIpc) is 2.03. The summed E-state index contributed by atoms with van der Waals surface area (Å²) in [4.78, 5) is 0. The van der Waals surface area contributed by atoms with Crippen LogP contribution in [0.15, 0.2) is 0 Å². The second kappa shape index (κ2) is 4.68. The molecule has 10 heteroatoms. The molecule has 0 rings (SSSR count). The van der Waals surface area contributed by atoms with Crippen LogP contribution < -0.4 is 5.73 Å². The Labute approximate surface area is 84.4 Å². The van der Waals surface area contributed by atoms with Crippen LogP contribution in [-0.2, 0) is 0 Å². The molecule has 16 heavy (non-hydrogen) atoms. The molecule has 0 saturated heterocycles. The first-order chi connectivity index (χ1) is 6.75. The summed E-state index contributed by atoms with van der Waals surface area (Å²) in [7, 11) is 0. The predicted octanol–water partition coefficient (Wildman–Crippen LogP) is 3.40. The van der Waals surface area contributed by atoms with Crippen molar-refractivity contribution in [1.29, 1.82) is 0 Å². The highest BCUT2D eigenvalue weighted by atomic mass is 19.4. The highest BCUT2D eigenvalue weighted by molar-refractivity contribution is 4.97. The summed E-state index contributed by atoms with van der Waals surface area (Å²) in [5, 5.41) is 0. The molecule has 0 aromatic heterocycles. The quantitative estimate of drug-likeness (QED) is 0.601. The number of alkyl halides is 9. The van der Waals surface area contributed by atoms with Gasteiger partial charge in [-0.15, -0.1) is 0 Å². The van der Waals surface area contributed by atoms with E-state index in [0.29, 0.717) is 0 Å². The van der Waals surface area contributed by atoms with Gasteiger partial charge >= 0.3 is 24.1 Å². The summed E-state index contributed by atoms with van der Waals surface area (Å²) >= 11 is 0. The zero-order chi connectivity index (χ0) is 14.0. The van der Waals surface area contributed by atoms with Crippen LogP contribution in [0.4, 0.5) is 39.5 Å². The molecule has 0 unspecified atom stereocenters. The Morgan fingerprint density at radius 1 is 0.625 bits per heavy atom. The molecule has 0 aliphatic rings. The van der Waals surface area contributed by atoms with Gasteiger partial charge in [0.25, 0.3) is 0 Å². The third-order valence-corrected chi connectivity index (χ3v) is 1.17. The van der Waals surface area contributed by atoms with E-state index in [2.05, 4.69) is 5.73 Å². The van der Waals surface area contributed by atoms with Gasteiger partial charge in [-0.05, 0) is 0 Å². The van der Waals surface area contributed by atoms with E-state index >= 15 is 0 Å². The van der Waals surface area contributed by atoms with Crippen molar-refractivity contribution in [2.45, 2.75) is 37.9 Å². The maximum Gasteiger partial charge on any atom is 0.460 e. The maximum absolute atomic E-state index is 11.9. The van der Waals surface area contributed by atoms with Gasteiger partial charge in [0.05, 0.1) is 0 Å². The molecule has 0 radical (unpaired) electrons. The van der Waals surface area contributed by atoms with Crippen molar-refractivity contribution in [3.63, 3.8) is 0 Å². The van der Waals surface area contributed by atoms with Crippen LogP contribution >= 0.6 is 0 Å². The largest absolute Gasteiger partial charge is 0.460 e. The molecule has 100 valence electrons. The molecule has 0 saturated carbocycles. The minimum Gasteiger partial charge on any atom is -0.267 e. The van der Waals surface area contributed by atoms with Gasteiger partial charge in [-0.1, -0.05) is 13.8 Å². The standard InChI is InChI=1S/C4H2F9N.C2H6/c5-1(6,3(9,10)11)2(7,8)4(12,13)14;1-2/h14H2;1-2H3. The highest BCUT2D eigenvalue weighted by Gasteiger charge is 2.81. The Balaban J connectivity index is 0. The van der Waals surface area contributed by atoms with Crippen molar-refractivity contribution in [3.05, 3.63) is 0 Å². The van der Waals surface area contributed by atoms with Crippen molar-refractivity contribution < 1.29 is 39.5 Å². The van der Waals surface area contributed by atoms with Crippen molar-refractivity contribution in [3.8, 4) is 0 Å². The molecular weight excluding hydrogens is 257 g/mol. The van der Waals surface area contributed by atoms with Gasteiger partial charge in [-0.25, -0.2) is 0 Å². The summed E-state index contributed by atoms with van der Waals surface area (Å²) in [5.41, 5.74) is 3.23. The molecule has 0 atom stereocenters. The fourth-order valence-corrected chi connectivity index (χ4v) is 0.387. The summed E-state index contributed by atoms with van der Waals surface area (Å²) in [6, 6.07) is -5.97. The summed E-state index contributed by atoms with van der Waals surface area (Å²) in [6.07, 6.45) is -6.81. The van der Waals surface area contributed by atoms with Gasteiger partial charge in [0.1, 0.15) is 0 Å². The van der Waals surface area contributed by atoms with Crippen molar-refractivity contribution in [1.82, 2.24) is 0 Å². The van der Waals surface area contributed by atoms with Crippen molar-refractivity contribution >= 4 is 0 Å². The van der Waals surface area contributed by atoms with E-state index in [-0.39, 0.29) is 0 Å². The van der Waals surface area contributed by atoms with Gasteiger partial charge in [0, 0.05) is 0 Å². The third kappa shape index (κ3) is 2.92. The SMILES string of the molecule is CC.NC(F)(F)C(F)(F)C(F)(F)C(F)(F)F. The molecule has 0 bridgehead atoms. The maximum atomic E-state index is 11.9. The zero-order valence-electron chi connectivity index (χ0n) is 7.98. The topological polar surface area (TPSA) is 26.0 Å². The Hall–Kier alpha value is -0.670. The molecule has 0 aliphatic carbocycles. The van der Waals surface area contributed by atoms with Crippen LogP contribution in [0.2, 0.25) is 0 Å². The summed E-state index contributed by atoms with van der Waals surface area (Å²) < 4.78 is 104. The van der Waals surface area contributed by atoms with Gasteiger partial charge in [-0.3, -0.25) is 5.73 Å². The molecule has 2 N–H and O–H groups in total. The molecular formula is C6H8F9N. The average molecular weight is 265 g/mol. The minimum atomic E-state index is -6.89. The third-order valence-electron chi connectivity index (χ3n) is 1.17. The lowest BCUT2D eigenvalue weighted by Crippen LogP contribution is -2.64. The van der Waals surface area contributed by atoms with E-state index in [9.17, 15) is 39.5 Å². The van der Waals surface area contributed by atoms with E-state index in [1.807, 2.05) is 13.8 Å². The van der Waals surface area contributed by atoms with E-state index in [1.165, 1.54) is 0 Å². The van der Waals surface area contributed by atoms with E-state index in [0.717, 1.165) is 0 Å². The molecule has 1 nitrogen and oxygen atoms in total. The number of hydrogen-bond donors (Lipinski definition) is 1. The van der Waals surface area contributed by atoms with Gasteiger partial charge in [0.15, 0.2) is 0 Å². The van der Waals surface area contributed by atoms with Crippen LogP contribution in [0.1, 0.15) is 13.8 Å². The predicted molar refractivity (Wildman–Crippen MR) is 36.4 cm³/mol. The fraction of sp³-hybridized carbons (Fsp3) is 1.00. The van der Waals surface area contributed by atoms with Crippen LogP contribution in [0.3, 0.4) is 0 Å². The summed E-state index contributed by atoms with van der Waals surface area (Å²) in [5.74, 6) is -13.6. The number of halogens is 9. The molecule has 0 aromatic carbocycles.